The fourth-order valence-corrected chi connectivity index (χ4v) is 11.2. The minimum Gasteiger partial charge on any atom is -0.462 e. The topological polar surface area (TPSA) is 78.9 Å². The van der Waals surface area contributed by atoms with Crippen molar-refractivity contribution in [2.24, 2.45) is 0 Å². The van der Waals surface area contributed by atoms with E-state index in [1.54, 1.807) is 0 Å². The maximum absolute atomic E-state index is 12.9. The number of ether oxygens (including phenoxy) is 3. The lowest BCUT2D eigenvalue weighted by Crippen LogP contribution is -2.30. The summed E-state index contributed by atoms with van der Waals surface area (Å²) in [4.78, 5) is 38.3. The highest BCUT2D eigenvalue weighted by Gasteiger charge is 2.19. The van der Waals surface area contributed by atoms with E-state index in [0.717, 1.165) is 70.6 Å². The summed E-state index contributed by atoms with van der Waals surface area (Å²) in [5, 5.41) is 0. The second-order valence-electron chi connectivity index (χ2n) is 25.2. The van der Waals surface area contributed by atoms with Crippen molar-refractivity contribution >= 4 is 17.9 Å². The molecule has 83 heavy (non-hydrogen) atoms. The summed E-state index contributed by atoms with van der Waals surface area (Å²) in [6.45, 7) is 6.67. The third-order valence-electron chi connectivity index (χ3n) is 16.8. The first kappa shape index (κ1) is 80.4. The average molecular weight is 1160 g/mol. The van der Waals surface area contributed by atoms with Crippen molar-refractivity contribution in [2.75, 3.05) is 13.2 Å². The zero-order chi connectivity index (χ0) is 59.9. The molecular formula is C77H142O6. The molecule has 0 aromatic rings. The fraction of sp³-hybridized carbons (Fsp3) is 0.857. The summed E-state index contributed by atoms with van der Waals surface area (Å²) in [5.74, 6) is -0.844. The van der Waals surface area contributed by atoms with Crippen LogP contribution in [0.2, 0.25) is 0 Å². The Morgan fingerprint density at radius 3 is 0.687 bits per heavy atom. The van der Waals surface area contributed by atoms with Gasteiger partial charge in [0, 0.05) is 19.3 Å². The normalized spacial score (nSPS) is 12.3. The van der Waals surface area contributed by atoms with Crippen molar-refractivity contribution in [3.8, 4) is 0 Å². The first-order valence-electron chi connectivity index (χ1n) is 37.1. The lowest BCUT2D eigenvalue weighted by molar-refractivity contribution is -0.167. The van der Waals surface area contributed by atoms with E-state index in [4.69, 9.17) is 14.2 Å². The van der Waals surface area contributed by atoms with Gasteiger partial charge in [0.1, 0.15) is 13.2 Å². The minimum absolute atomic E-state index is 0.0676. The smallest absolute Gasteiger partial charge is 0.306 e. The summed E-state index contributed by atoms with van der Waals surface area (Å²) in [6.07, 6.45) is 91.7. The Kier molecular flexibility index (Phi) is 69.6. The second-order valence-corrected chi connectivity index (χ2v) is 25.2. The van der Waals surface area contributed by atoms with Crippen LogP contribution in [-0.2, 0) is 28.6 Å². The number of unbranched alkanes of at least 4 members (excludes halogenated alkanes) is 50. The second kappa shape index (κ2) is 71.8. The van der Waals surface area contributed by atoms with Gasteiger partial charge in [0.25, 0.3) is 0 Å². The molecule has 1 atom stereocenters. The van der Waals surface area contributed by atoms with E-state index >= 15 is 0 Å². The number of allylic oxidation sites excluding steroid dienone is 8. The van der Waals surface area contributed by atoms with Gasteiger partial charge in [-0.15, -0.1) is 0 Å². The molecule has 1 unspecified atom stereocenters. The summed E-state index contributed by atoms with van der Waals surface area (Å²) >= 11 is 0. The van der Waals surface area contributed by atoms with E-state index in [9.17, 15) is 14.4 Å². The Bertz CT molecular complexity index is 1430. The van der Waals surface area contributed by atoms with Crippen LogP contribution < -0.4 is 0 Å². The Morgan fingerprint density at radius 1 is 0.241 bits per heavy atom. The molecule has 0 amide bonds. The third-order valence-corrected chi connectivity index (χ3v) is 16.8. The molecule has 0 aliphatic heterocycles. The van der Waals surface area contributed by atoms with E-state index in [1.165, 1.54) is 295 Å². The van der Waals surface area contributed by atoms with Crippen molar-refractivity contribution in [1.82, 2.24) is 0 Å². The molecule has 0 saturated carbocycles. The number of hydrogen-bond acceptors (Lipinski definition) is 6. The maximum Gasteiger partial charge on any atom is 0.306 e. The highest BCUT2D eigenvalue weighted by molar-refractivity contribution is 5.71. The molecule has 0 aromatic carbocycles. The van der Waals surface area contributed by atoms with E-state index < -0.39 is 6.10 Å². The van der Waals surface area contributed by atoms with Gasteiger partial charge in [0.15, 0.2) is 6.10 Å². The van der Waals surface area contributed by atoms with Gasteiger partial charge in [0.2, 0.25) is 0 Å². The number of hydrogen-bond donors (Lipinski definition) is 0. The Balaban J connectivity index is 4.06. The molecule has 0 spiro atoms. The molecule has 6 heteroatoms. The summed E-state index contributed by atoms with van der Waals surface area (Å²) in [7, 11) is 0. The van der Waals surface area contributed by atoms with Gasteiger partial charge in [0.05, 0.1) is 0 Å². The molecule has 0 fully saturated rings. The molecular weight excluding hydrogens is 1020 g/mol. The molecule has 0 rings (SSSR count). The van der Waals surface area contributed by atoms with Gasteiger partial charge in [-0.3, -0.25) is 14.4 Å². The quantitative estimate of drug-likeness (QED) is 0.0261. The first-order chi connectivity index (χ1) is 41.0. The molecule has 0 radical (unpaired) electrons. The van der Waals surface area contributed by atoms with Crippen molar-refractivity contribution in [2.45, 2.75) is 412 Å². The highest BCUT2D eigenvalue weighted by Crippen LogP contribution is 2.18. The van der Waals surface area contributed by atoms with E-state index in [1.807, 2.05) is 0 Å². The maximum atomic E-state index is 12.9. The Hall–Kier alpha value is -2.63. The Labute approximate surface area is 518 Å². The molecule has 6 nitrogen and oxygen atoms in total. The zero-order valence-electron chi connectivity index (χ0n) is 56.0. The van der Waals surface area contributed by atoms with Crippen molar-refractivity contribution < 1.29 is 28.6 Å². The van der Waals surface area contributed by atoms with Gasteiger partial charge in [-0.05, 0) is 83.5 Å². The molecule has 0 aromatic heterocycles. The minimum atomic E-state index is -0.770. The predicted molar refractivity (Wildman–Crippen MR) is 362 cm³/mol. The summed E-state index contributed by atoms with van der Waals surface area (Å²) in [5.41, 5.74) is 0. The molecule has 0 heterocycles. The number of esters is 3. The SMILES string of the molecule is CCCCCCC/C=C\C/C=C\C/C=C\CCCCCCCCCCCCCCCCCCCCC(=O)OCC(COC(=O)CCCCCCCCCCC)OC(=O)CCCCCCCCCCCCC/C=C\CCCCCCCCCC. The van der Waals surface area contributed by atoms with Gasteiger partial charge in [-0.25, -0.2) is 0 Å². The molecule has 0 saturated heterocycles. The van der Waals surface area contributed by atoms with E-state index in [-0.39, 0.29) is 31.1 Å². The van der Waals surface area contributed by atoms with Gasteiger partial charge in [-0.1, -0.05) is 352 Å². The fourth-order valence-electron chi connectivity index (χ4n) is 11.2. The molecule has 486 valence electrons. The average Bonchev–Trinajstić information content (AvgIpc) is 3.49. The van der Waals surface area contributed by atoms with Crippen LogP contribution in [0.15, 0.2) is 48.6 Å². The van der Waals surface area contributed by atoms with Crippen molar-refractivity contribution in [3.05, 3.63) is 48.6 Å². The lowest BCUT2D eigenvalue weighted by atomic mass is 10.0. The van der Waals surface area contributed by atoms with E-state index in [0.29, 0.717) is 19.3 Å². The number of carbonyl (C=O) groups is 3. The van der Waals surface area contributed by atoms with E-state index in [2.05, 4.69) is 69.4 Å². The van der Waals surface area contributed by atoms with Crippen LogP contribution in [0.3, 0.4) is 0 Å². The van der Waals surface area contributed by atoms with Crippen LogP contribution >= 0.6 is 0 Å². The molecule has 0 N–H and O–H groups in total. The van der Waals surface area contributed by atoms with Crippen molar-refractivity contribution in [3.63, 3.8) is 0 Å². The first-order valence-corrected chi connectivity index (χ1v) is 37.1. The zero-order valence-corrected chi connectivity index (χ0v) is 56.0. The summed E-state index contributed by atoms with van der Waals surface area (Å²) in [6, 6.07) is 0. The molecule has 0 aliphatic rings. The number of rotatable bonds is 69. The number of carbonyl (C=O) groups excluding carboxylic acids is 3. The Morgan fingerprint density at radius 2 is 0.434 bits per heavy atom. The predicted octanol–water partition coefficient (Wildman–Crippen LogP) is 25.7. The van der Waals surface area contributed by atoms with Crippen LogP contribution in [0.1, 0.15) is 406 Å². The van der Waals surface area contributed by atoms with Crippen molar-refractivity contribution in [1.29, 1.82) is 0 Å². The lowest BCUT2D eigenvalue weighted by Gasteiger charge is -2.18. The molecule has 0 bridgehead atoms. The standard InChI is InChI=1S/C77H142O6/c1-4-7-10-13-16-19-21-23-25-27-29-31-33-34-35-36-37-38-39-40-41-42-44-45-47-49-51-53-55-58-61-64-67-70-76(79)82-73-74(72-81-75(78)69-66-63-60-57-18-15-12-9-6-3)83-77(80)71-68-65-62-59-56-54-52-50-48-46-43-32-30-28-26-24-22-20-17-14-11-8-5-2/h21,23,27-30,33-34,74H,4-20,22,24-26,31-32,35-73H2,1-3H3/b23-21-,29-27-,30-28-,34-33-. The van der Waals surface area contributed by atoms with Gasteiger partial charge >= 0.3 is 17.9 Å². The third kappa shape index (κ3) is 70.0. The van der Waals surface area contributed by atoms with Crippen LogP contribution in [0.4, 0.5) is 0 Å². The van der Waals surface area contributed by atoms with Crippen LogP contribution in [0, 0.1) is 0 Å². The summed E-state index contributed by atoms with van der Waals surface area (Å²) < 4.78 is 17.0. The van der Waals surface area contributed by atoms with Crippen LogP contribution in [0.5, 0.6) is 0 Å². The van der Waals surface area contributed by atoms with Crippen LogP contribution in [-0.4, -0.2) is 37.2 Å². The molecule has 0 aliphatic carbocycles. The monoisotopic (exact) mass is 1160 g/mol. The highest BCUT2D eigenvalue weighted by atomic mass is 16.6. The van der Waals surface area contributed by atoms with Gasteiger partial charge < -0.3 is 14.2 Å². The van der Waals surface area contributed by atoms with Gasteiger partial charge in [-0.2, -0.15) is 0 Å². The van der Waals surface area contributed by atoms with Crippen LogP contribution in [0.25, 0.3) is 0 Å². The largest absolute Gasteiger partial charge is 0.462 e.